The molecule has 0 radical (unpaired) electrons. The molecule has 1 fully saturated rings. The lowest BCUT2D eigenvalue weighted by molar-refractivity contribution is -0.143. The topological polar surface area (TPSA) is 70.7 Å². The normalized spacial score (nSPS) is 15.8. The summed E-state index contributed by atoms with van der Waals surface area (Å²) in [5, 5.41) is 4.06. The highest BCUT2D eigenvalue weighted by Gasteiger charge is 2.37. The van der Waals surface area contributed by atoms with Gasteiger partial charge in [-0.1, -0.05) is 0 Å². The second kappa shape index (κ2) is 9.44. The lowest BCUT2D eigenvalue weighted by atomic mass is 10.1. The number of carbonyl (C=O) groups excluding carboxylic acids is 2. The summed E-state index contributed by atoms with van der Waals surface area (Å²) >= 11 is 0. The average Bonchev–Trinajstić information content (AvgIpc) is 2.64. The van der Waals surface area contributed by atoms with E-state index in [0.29, 0.717) is 38.3 Å². The number of nitrogens with zero attached hydrogens (tertiary/aromatic N) is 1. The van der Waals surface area contributed by atoms with E-state index < -0.39 is 41.0 Å². The number of morpholine rings is 1. The highest BCUT2D eigenvalue weighted by Crippen LogP contribution is 2.37. The molecule has 0 spiro atoms. The van der Waals surface area contributed by atoms with Gasteiger partial charge in [0.1, 0.15) is 0 Å². The average molecular weight is 427 g/mol. The largest absolute Gasteiger partial charge is 0.416 e. The Balaban J connectivity index is 1.93. The van der Waals surface area contributed by atoms with Crippen molar-refractivity contribution in [3.63, 3.8) is 0 Å². The van der Waals surface area contributed by atoms with Gasteiger partial charge in [0.2, 0.25) is 0 Å². The van der Waals surface area contributed by atoms with Crippen molar-refractivity contribution in [3.05, 3.63) is 29.3 Å². The second-order valence-electron chi connectivity index (χ2n) is 6.31. The van der Waals surface area contributed by atoms with Crippen molar-refractivity contribution < 1.29 is 40.7 Å². The second-order valence-corrected chi connectivity index (χ2v) is 6.31. The van der Waals surface area contributed by atoms with Crippen molar-refractivity contribution in [2.24, 2.45) is 0 Å². The summed E-state index contributed by atoms with van der Waals surface area (Å²) in [4.78, 5) is 25.7. The maximum Gasteiger partial charge on any atom is 0.416 e. The molecule has 1 aliphatic rings. The molecule has 29 heavy (non-hydrogen) atoms. The third-order valence-corrected chi connectivity index (χ3v) is 4.09. The summed E-state index contributed by atoms with van der Waals surface area (Å²) in [5.41, 5.74) is -3.96. The van der Waals surface area contributed by atoms with E-state index in [9.17, 15) is 35.9 Å². The van der Waals surface area contributed by atoms with Gasteiger partial charge in [0.05, 0.1) is 24.3 Å². The predicted octanol–water partition coefficient (Wildman–Crippen LogP) is 2.50. The molecule has 2 amide bonds. The fourth-order valence-corrected chi connectivity index (χ4v) is 2.62. The SMILES string of the molecule is O=C(NCCCN1CCOCC1)C(=O)Nc1cc(C(F)(F)F)cc(C(F)(F)F)c1. The Morgan fingerprint density at radius 2 is 1.48 bits per heavy atom. The Bertz CT molecular complexity index is 698. The minimum atomic E-state index is -5.05. The predicted molar refractivity (Wildman–Crippen MR) is 90.0 cm³/mol. The van der Waals surface area contributed by atoms with Crippen LogP contribution in [0.2, 0.25) is 0 Å². The molecule has 162 valence electrons. The zero-order valence-electron chi connectivity index (χ0n) is 15.1. The minimum absolute atomic E-state index is 0.0681. The summed E-state index contributed by atoms with van der Waals surface area (Å²) in [5.74, 6) is -2.51. The fraction of sp³-hybridized carbons (Fsp3) is 0.529. The number of hydrogen-bond donors (Lipinski definition) is 2. The van der Waals surface area contributed by atoms with E-state index in [4.69, 9.17) is 4.74 Å². The highest BCUT2D eigenvalue weighted by molar-refractivity contribution is 6.39. The van der Waals surface area contributed by atoms with Crippen LogP contribution in [0.1, 0.15) is 17.5 Å². The summed E-state index contributed by atoms with van der Waals surface area (Å²) < 4.78 is 82.1. The fourth-order valence-electron chi connectivity index (χ4n) is 2.62. The maximum absolute atomic E-state index is 12.8. The molecule has 0 unspecified atom stereocenters. The molecule has 12 heteroatoms. The first-order valence-electron chi connectivity index (χ1n) is 8.65. The lowest BCUT2D eigenvalue weighted by Crippen LogP contribution is -2.39. The Morgan fingerprint density at radius 1 is 0.931 bits per heavy atom. The molecule has 6 nitrogen and oxygen atoms in total. The molecule has 1 aromatic carbocycles. The van der Waals surface area contributed by atoms with Gasteiger partial charge in [0.25, 0.3) is 0 Å². The van der Waals surface area contributed by atoms with Crippen LogP contribution in [0, 0.1) is 0 Å². The molecule has 1 aromatic rings. The number of carbonyl (C=O) groups is 2. The number of halogens is 6. The van der Waals surface area contributed by atoms with Crippen LogP contribution in [0.15, 0.2) is 18.2 Å². The van der Waals surface area contributed by atoms with Crippen LogP contribution in [0.5, 0.6) is 0 Å². The standard InChI is InChI=1S/C17H19F6N3O3/c18-16(19,20)11-8-12(17(21,22)23)10-13(9-11)25-15(28)14(27)24-2-1-3-26-4-6-29-7-5-26/h8-10H,1-7H2,(H,24,27)(H,25,28). The van der Waals surface area contributed by atoms with Gasteiger partial charge in [-0.25, -0.2) is 0 Å². The number of nitrogens with one attached hydrogen (secondary N) is 2. The first-order chi connectivity index (χ1) is 13.5. The van der Waals surface area contributed by atoms with Gasteiger partial charge in [-0.3, -0.25) is 14.5 Å². The van der Waals surface area contributed by atoms with Crippen LogP contribution in [0.25, 0.3) is 0 Å². The lowest BCUT2D eigenvalue weighted by Gasteiger charge is -2.26. The van der Waals surface area contributed by atoms with Gasteiger partial charge >= 0.3 is 24.2 Å². The molecule has 0 saturated carbocycles. The van der Waals surface area contributed by atoms with E-state index in [2.05, 4.69) is 10.2 Å². The van der Waals surface area contributed by atoms with E-state index in [1.165, 1.54) is 0 Å². The van der Waals surface area contributed by atoms with Crippen molar-refractivity contribution in [2.75, 3.05) is 44.7 Å². The first-order valence-corrected chi connectivity index (χ1v) is 8.65. The van der Waals surface area contributed by atoms with Gasteiger partial charge in [-0.15, -0.1) is 0 Å². The van der Waals surface area contributed by atoms with E-state index in [0.717, 1.165) is 13.1 Å². The minimum Gasteiger partial charge on any atom is -0.379 e. The monoisotopic (exact) mass is 427 g/mol. The number of anilines is 1. The van der Waals surface area contributed by atoms with Crippen molar-refractivity contribution >= 4 is 17.5 Å². The maximum atomic E-state index is 12.8. The van der Waals surface area contributed by atoms with Crippen molar-refractivity contribution in [3.8, 4) is 0 Å². The molecular weight excluding hydrogens is 408 g/mol. The highest BCUT2D eigenvalue weighted by atomic mass is 19.4. The number of alkyl halides is 6. The van der Waals surface area contributed by atoms with E-state index in [-0.39, 0.29) is 12.6 Å². The Labute approximate surface area is 162 Å². The third kappa shape index (κ3) is 7.20. The van der Waals surface area contributed by atoms with Crippen LogP contribution >= 0.6 is 0 Å². The smallest absolute Gasteiger partial charge is 0.379 e. The number of hydrogen-bond acceptors (Lipinski definition) is 4. The Hall–Kier alpha value is -2.34. The summed E-state index contributed by atoms with van der Waals surface area (Å²) in [6.07, 6.45) is -9.59. The number of benzene rings is 1. The van der Waals surface area contributed by atoms with Gasteiger partial charge < -0.3 is 15.4 Å². The zero-order chi connectivity index (χ0) is 21.7. The first kappa shape index (κ1) is 22.9. The Kier molecular flexibility index (Phi) is 7.47. The molecule has 1 aliphatic heterocycles. The molecule has 2 N–H and O–H groups in total. The van der Waals surface area contributed by atoms with Crippen molar-refractivity contribution in [1.29, 1.82) is 0 Å². The molecule has 1 saturated heterocycles. The van der Waals surface area contributed by atoms with E-state index in [1.807, 2.05) is 0 Å². The van der Waals surface area contributed by atoms with Crippen LogP contribution in [0.3, 0.4) is 0 Å². The van der Waals surface area contributed by atoms with Crippen molar-refractivity contribution in [2.45, 2.75) is 18.8 Å². The molecule has 0 atom stereocenters. The summed E-state index contributed by atoms with van der Waals surface area (Å²) in [7, 11) is 0. The van der Waals surface area contributed by atoms with Crippen molar-refractivity contribution in [1.82, 2.24) is 10.2 Å². The number of rotatable bonds is 5. The van der Waals surface area contributed by atoms with E-state index >= 15 is 0 Å². The van der Waals surface area contributed by atoms with Gasteiger partial charge in [-0.2, -0.15) is 26.3 Å². The molecular formula is C17H19F6N3O3. The van der Waals surface area contributed by atoms with Crippen LogP contribution in [-0.2, 0) is 26.7 Å². The molecule has 1 heterocycles. The summed E-state index contributed by atoms with van der Waals surface area (Å²) in [6.45, 7) is 3.46. The van der Waals surface area contributed by atoms with Gasteiger partial charge in [-0.05, 0) is 31.2 Å². The van der Waals surface area contributed by atoms with Crippen LogP contribution in [-0.4, -0.2) is 56.1 Å². The number of ether oxygens (including phenoxy) is 1. The molecule has 0 aliphatic carbocycles. The third-order valence-electron chi connectivity index (χ3n) is 4.09. The molecule has 2 rings (SSSR count). The zero-order valence-corrected chi connectivity index (χ0v) is 15.1. The molecule has 0 aromatic heterocycles. The Morgan fingerprint density at radius 3 is 2.00 bits per heavy atom. The van der Waals surface area contributed by atoms with Gasteiger partial charge in [0.15, 0.2) is 0 Å². The van der Waals surface area contributed by atoms with Crippen LogP contribution < -0.4 is 10.6 Å². The van der Waals surface area contributed by atoms with E-state index in [1.54, 1.807) is 5.32 Å². The van der Waals surface area contributed by atoms with Crippen LogP contribution in [0.4, 0.5) is 32.0 Å². The molecule has 0 bridgehead atoms. The number of amides is 2. The summed E-state index contributed by atoms with van der Waals surface area (Å²) in [6, 6.07) is 0.596. The van der Waals surface area contributed by atoms with Gasteiger partial charge in [0, 0.05) is 25.3 Å². The quantitative estimate of drug-likeness (QED) is 0.431.